The van der Waals surface area contributed by atoms with Crippen LogP contribution in [0.3, 0.4) is 0 Å². The highest BCUT2D eigenvalue weighted by Crippen LogP contribution is 2.52. The first-order chi connectivity index (χ1) is 14.4. The SMILES string of the molecule is CC1(C(F)(F)F)CN(C(N)=O)c2c(-c3cnnc(C(F)F)c3)nc3c(F)c(F)nn3c21. The smallest absolute Gasteiger partial charge is 0.351 e. The zero-order valence-electron chi connectivity index (χ0n) is 15.3. The van der Waals surface area contributed by atoms with Crippen LogP contribution in [-0.4, -0.2) is 43.5 Å². The number of primary amides is 1. The van der Waals surface area contributed by atoms with Crippen LogP contribution in [0.4, 0.5) is 41.2 Å². The van der Waals surface area contributed by atoms with Gasteiger partial charge in [0, 0.05) is 12.1 Å². The van der Waals surface area contributed by atoms with E-state index in [1.54, 1.807) is 0 Å². The first-order valence-electron chi connectivity index (χ1n) is 8.40. The summed E-state index contributed by atoms with van der Waals surface area (Å²) in [5.41, 5.74) is -1.71. The highest BCUT2D eigenvalue weighted by Gasteiger charge is 2.61. The van der Waals surface area contributed by atoms with E-state index in [2.05, 4.69) is 20.3 Å². The predicted octanol–water partition coefficient (Wildman–Crippen LogP) is 3.12. The van der Waals surface area contributed by atoms with Crippen LogP contribution in [0, 0.1) is 11.8 Å². The Morgan fingerprint density at radius 3 is 2.55 bits per heavy atom. The van der Waals surface area contributed by atoms with Crippen LogP contribution in [-0.2, 0) is 5.41 Å². The molecule has 1 aliphatic heterocycles. The Hall–Kier alpha value is -3.52. The molecule has 2 N–H and O–H groups in total. The molecule has 3 aromatic rings. The molecular weight excluding hydrogens is 439 g/mol. The largest absolute Gasteiger partial charge is 0.401 e. The van der Waals surface area contributed by atoms with Crippen LogP contribution >= 0.6 is 0 Å². The minimum Gasteiger partial charge on any atom is -0.351 e. The third-order valence-electron chi connectivity index (χ3n) is 4.97. The Bertz CT molecular complexity index is 1230. The molecule has 0 saturated heterocycles. The number of urea groups is 1. The number of amides is 2. The number of fused-ring (bicyclic) bond motifs is 3. The van der Waals surface area contributed by atoms with E-state index in [9.17, 15) is 35.5 Å². The van der Waals surface area contributed by atoms with Crippen molar-refractivity contribution in [2.24, 2.45) is 5.73 Å². The topological polar surface area (TPSA) is 102 Å². The Balaban J connectivity index is 2.17. The maximum atomic E-state index is 14.3. The fourth-order valence-electron chi connectivity index (χ4n) is 3.44. The van der Waals surface area contributed by atoms with Crippen molar-refractivity contribution in [2.45, 2.75) is 24.9 Å². The third kappa shape index (κ3) is 2.86. The molecule has 4 heterocycles. The molecule has 1 atom stereocenters. The van der Waals surface area contributed by atoms with E-state index in [0.717, 1.165) is 12.3 Å². The lowest BCUT2D eigenvalue weighted by atomic mass is 9.87. The van der Waals surface area contributed by atoms with E-state index in [-0.39, 0.29) is 5.56 Å². The second-order valence-corrected chi connectivity index (χ2v) is 6.92. The molecule has 0 aromatic carbocycles. The molecule has 4 rings (SSSR count). The van der Waals surface area contributed by atoms with E-state index in [4.69, 9.17) is 5.73 Å². The molecule has 0 fully saturated rings. The minimum atomic E-state index is -5.03. The van der Waals surface area contributed by atoms with Gasteiger partial charge in [0.25, 0.3) is 12.4 Å². The number of alkyl halides is 5. The molecule has 15 heteroatoms. The van der Waals surface area contributed by atoms with Crippen LogP contribution in [0.15, 0.2) is 12.3 Å². The van der Waals surface area contributed by atoms with E-state index in [1.165, 1.54) is 0 Å². The number of rotatable bonds is 2. The van der Waals surface area contributed by atoms with Gasteiger partial charge in [0.05, 0.1) is 17.6 Å². The number of carbonyl (C=O) groups excluding carboxylic acids is 1. The van der Waals surface area contributed by atoms with Gasteiger partial charge < -0.3 is 5.73 Å². The second kappa shape index (κ2) is 6.49. The van der Waals surface area contributed by atoms with Gasteiger partial charge in [0.15, 0.2) is 5.65 Å². The summed E-state index contributed by atoms with van der Waals surface area (Å²) in [6.07, 6.45) is -7.25. The Morgan fingerprint density at radius 2 is 1.97 bits per heavy atom. The molecule has 2 amide bonds. The standard InChI is InChI=1S/C16H10F7N7O/c1-15(16(21,22)23)4-29(14(24)31)9-8(5-2-6(11(18)19)27-25-3-5)26-13-7(17)12(20)28-30(13)10(9)15/h2-3,11H,4H2,1H3,(H2,24,31). The number of aromatic nitrogens is 5. The van der Waals surface area contributed by atoms with Crippen LogP contribution in [0.25, 0.3) is 16.9 Å². The summed E-state index contributed by atoms with van der Waals surface area (Å²) in [5, 5.41) is 9.71. The number of hydrogen-bond acceptors (Lipinski definition) is 5. The minimum absolute atomic E-state index is 0.294. The highest BCUT2D eigenvalue weighted by molar-refractivity contribution is 5.98. The number of nitrogens with zero attached hydrogens (tertiary/aromatic N) is 6. The number of anilines is 1. The van der Waals surface area contributed by atoms with Crippen LogP contribution in [0.5, 0.6) is 0 Å². The van der Waals surface area contributed by atoms with Gasteiger partial charge in [-0.25, -0.2) is 23.1 Å². The molecule has 8 nitrogen and oxygen atoms in total. The van der Waals surface area contributed by atoms with Crippen LogP contribution < -0.4 is 10.6 Å². The first kappa shape index (κ1) is 20.7. The maximum Gasteiger partial charge on any atom is 0.401 e. The zero-order valence-corrected chi connectivity index (χ0v) is 15.3. The van der Waals surface area contributed by atoms with E-state index in [0.29, 0.717) is 16.3 Å². The molecule has 1 unspecified atom stereocenters. The van der Waals surface area contributed by atoms with Crippen molar-refractivity contribution in [1.82, 2.24) is 24.8 Å². The summed E-state index contributed by atoms with van der Waals surface area (Å²) in [6, 6.07) is -0.579. The number of hydrogen-bond donors (Lipinski definition) is 1. The predicted molar refractivity (Wildman–Crippen MR) is 89.2 cm³/mol. The van der Waals surface area contributed by atoms with Gasteiger partial charge in [0.2, 0.25) is 5.82 Å². The van der Waals surface area contributed by atoms with E-state index >= 15 is 0 Å². The van der Waals surface area contributed by atoms with Gasteiger partial charge in [-0.1, -0.05) is 0 Å². The van der Waals surface area contributed by atoms with Crippen molar-refractivity contribution in [3.8, 4) is 11.3 Å². The highest BCUT2D eigenvalue weighted by atomic mass is 19.4. The summed E-state index contributed by atoms with van der Waals surface area (Å²) in [6.45, 7) is -0.372. The summed E-state index contributed by atoms with van der Waals surface area (Å²) < 4.78 is 96.7. The van der Waals surface area contributed by atoms with Gasteiger partial charge in [-0.15, -0.1) is 10.2 Å². The normalized spacial score (nSPS) is 18.8. The number of halogens is 7. The van der Waals surface area contributed by atoms with Crippen molar-refractivity contribution in [3.05, 3.63) is 35.4 Å². The average molecular weight is 449 g/mol. The lowest BCUT2D eigenvalue weighted by Gasteiger charge is -2.27. The van der Waals surface area contributed by atoms with Crippen molar-refractivity contribution in [2.75, 3.05) is 11.4 Å². The van der Waals surface area contributed by atoms with Gasteiger partial charge >= 0.3 is 12.2 Å². The summed E-state index contributed by atoms with van der Waals surface area (Å²) in [4.78, 5) is 16.2. The molecule has 1 aliphatic rings. The molecule has 31 heavy (non-hydrogen) atoms. The van der Waals surface area contributed by atoms with Gasteiger partial charge in [-0.3, -0.25) is 4.90 Å². The van der Waals surface area contributed by atoms with E-state index in [1.807, 2.05) is 0 Å². The van der Waals surface area contributed by atoms with Crippen molar-refractivity contribution < 1.29 is 35.5 Å². The lowest BCUT2D eigenvalue weighted by molar-refractivity contribution is -0.181. The fraction of sp³-hybridized carbons (Fsp3) is 0.312. The third-order valence-corrected chi connectivity index (χ3v) is 4.97. The zero-order chi connectivity index (χ0) is 22.9. The Morgan fingerprint density at radius 1 is 1.29 bits per heavy atom. The van der Waals surface area contributed by atoms with Crippen molar-refractivity contribution in [3.63, 3.8) is 0 Å². The molecule has 3 aromatic heterocycles. The number of carbonyl (C=O) groups is 1. The number of nitrogens with two attached hydrogens (primary N) is 1. The monoisotopic (exact) mass is 449 g/mol. The second-order valence-electron chi connectivity index (χ2n) is 6.92. The Labute approximate surface area is 167 Å². The Kier molecular flexibility index (Phi) is 4.34. The molecule has 0 spiro atoms. The summed E-state index contributed by atoms with van der Waals surface area (Å²) in [5.74, 6) is -3.41. The fourth-order valence-corrected chi connectivity index (χ4v) is 3.44. The van der Waals surface area contributed by atoms with Gasteiger partial charge in [-0.05, 0) is 13.0 Å². The quantitative estimate of drug-likeness (QED) is 0.606. The van der Waals surface area contributed by atoms with Gasteiger partial charge in [-0.2, -0.15) is 27.1 Å². The van der Waals surface area contributed by atoms with E-state index < -0.39 is 70.8 Å². The maximum absolute atomic E-state index is 14.3. The molecule has 164 valence electrons. The molecule has 0 radical (unpaired) electrons. The molecule has 0 saturated carbocycles. The first-order valence-corrected chi connectivity index (χ1v) is 8.40. The van der Waals surface area contributed by atoms with Crippen molar-refractivity contribution in [1.29, 1.82) is 0 Å². The molecular formula is C16H10F7N7O. The summed E-state index contributed by atoms with van der Waals surface area (Å²) >= 11 is 0. The van der Waals surface area contributed by atoms with Crippen molar-refractivity contribution >= 4 is 17.4 Å². The van der Waals surface area contributed by atoms with Crippen LogP contribution in [0.1, 0.15) is 24.7 Å². The average Bonchev–Trinajstić information content (AvgIpc) is 3.16. The van der Waals surface area contributed by atoms with Gasteiger partial charge in [0.1, 0.15) is 16.8 Å². The summed E-state index contributed by atoms with van der Waals surface area (Å²) in [7, 11) is 0. The lowest BCUT2D eigenvalue weighted by Crippen LogP contribution is -2.46. The molecule has 0 aliphatic carbocycles. The molecule has 0 bridgehead atoms. The van der Waals surface area contributed by atoms with Crippen LogP contribution in [0.2, 0.25) is 0 Å².